The van der Waals surface area contributed by atoms with Crippen molar-refractivity contribution >= 4 is 28.2 Å². The maximum Gasteiger partial charge on any atom is 0.419 e. The second kappa shape index (κ2) is 7.67. The summed E-state index contributed by atoms with van der Waals surface area (Å²) < 4.78 is 57.0. The van der Waals surface area contributed by atoms with Crippen molar-refractivity contribution in [2.75, 3.05) is 5.32 Å². The van der Waals surface area contributed by atoms with Gasteiger partial charge in [-0.2, -0.15) is 13.2 Å². The van der Waals surface area contributed by atoms with Crippen LogP contribution in [0.15, 0.2) is 41.2 Å². The molecule has 2 aromatic carbocycles. The molecule has 1 aromatic heterocycles. The number of rotatable bonds is 3. The van der Waals surface area contributed by atoms with E-state index in [4.69, 9.17) is 11.6 Å². The van der Waals surface area contributed by atoms with Gasteiger partial charge < -0.3 is 20.5 Å². The van der Waals surface area contributed by atoms with Crippen molar-refractivity contribution in [3.05, 3.63) is 68.7 Å². The van der Waals surface area contributed by atoms with Crippen molar-refractivity contribution in [1.82, 2.24) is 4.98 Å². The van der Waals surface area contributed by atoms with Crippen molar-refractivity contribution in [3.63, 3.8) is 0 Å². The summed E-state index contributed by atoms with van der Waals surface area (Å²) in [6.45, 7) is 1.59. The quantitative estimate of drug-likeness (QED) is 0.388. The van der Waals surface area contributed by atoms with Gasteiger partial charge >= 0.3 is 6.18 Å². The van der Waals surface area contributed by atoms with Crippen LogP contribution in [0.3, 0.4) is 0 Å². The van der Waals surface area contributed by atoms with Gasteiger partial charge in [-0.1, -0.05) is 24.6 Å². The van der Waals surface area contributed by atoms with Gasteiger partial charge in [0.05, 0.1) is 16.6 Å². The highest BCUT2D eigenvalue weighted by Crippen LogP contribution is 2.56. The summed E-state index contributed by atoms with van der Waals surface area (Å²) in [4.78, 5) is 14.2. The second-order valence-electron chi connectivity index (χ2n) is 7.92. The molecular weight excluding hydrogens is 452 g/mol. The number of nitrogens with one attached hydrogen (secondary N) is 2. The summed E-state index contributed by atoms with van der Waals surface area (Å²) in [5.74, 6) is -2.90. The predicted octanol–water partition coefficient (Wildman–Crippen LogP) is 5.37. The number of aromatic hydroxyl groups is 1. The van der Waals surface area contributed by atoms with E-state index in [2.05, 4.69) is 10.3 Å². The van der Waals surface area contributed by atoms with Crippen LogP contribution < -0.4 is 10.9 Å². The number of H-pyrrole nitrogens is 1. The lowest BCUT2D eigenvalue weighted by Crippen LogP contribution is -2.55. The normalized spacial score (nSPS) is 23.2. The molecule has 0 saturated carbocycles. The highest BCUT2D eigenvalue weighted by atomic mass is 35.5. The number of fused-ring (bicyclic) bond motifs is 2. The molecule has 1 aliphatic carbocycles. The molecule has 0 amide bonds. The van der Waals surface area contributed by atoms with E-state index in [0.29, 0.717) is 10.9 Å². The lowest BCUT2D eigenvalue weighted by molar-refractivity contribution is -0.272. The summed E-state index contributed by atoms with van der Waals surface area (Å²) in [5, 5.41) is 24.0. The standard InChI is InChI=1S/C22H19ClF4N2O3/c1-2-10-9-21(32,22(25,26)27)20(12-8-13(23)18(24)19(31)17(10)12)29-15-5-3-4-14-11(15)6-7-16(30)28-14/h3-8,10,20,29,31-32H,2,9H2,1H3,(H,28,30). The largest absolute Gasteiger partial charge is 0.505 e. The highest BCUT2D eigenvalue weighted by molar-refractivity contribution is 6.31. The number of phenolic OH excluding ortho intramolecular Hbond substituents is 1. The van der Waals surface area contributed by atoms with Crippen LogP contribution in [0.2, 0.25) is 5.02 Å². The Hall–Kier alpha value is -2.78. The fourth-order valence-electron chi connectivity index (χ4n) is 4.46. The van der Waals surface area contributed by atoms with E-state index in [1.54, 1.807) is 13.0 Å². The van der Waals surface area contributed by atoms with E-state index in [1.165, 1.54) is 24.3 Å². The number of pyridine rings is 1. The SMILES string of the molecule is CCC1CC(O)(C(F)(F)F)C(Nc2cccc3[nH]c(=O)ccc23)c2cc(Cl)c(F)c(O)c21. The minimum atomic E-state index is -5.05. The molecule has 1 aliphatic rings. The lowest BCUT2D eigenvalue weighted by Gasteiger charge is -2.46. The zero-order chi connectivity index (χ0) is 23.4. The van der Waals surface area contributed by atoms with Crippen molar-refractivity contribution in [2.24, 2.45) is 0 Å². The Balaban J connectivity index is 1.97. The summed E-state index contributed by atoms with van der Waals surface area (Å²) in [5.41, 5.74) is -3.21. The number of halogens is 5. The van der Waals surface area contributed by atoms with Crippen molar-refractivity contribution < 1.29 is 27.8 Å². The molecule has 3 unspecified atom stereocenters. The van der Waals surface area contributed by atoms with Crippen LogP contribution in [0, 0.1) is 5.82 Å². The number of aliphatic hydroxyl groups is 1. The van der Waals surface area contributed by atoms with Crippen LogP contribution in [0.1, 0.15) is 42.9 Å². The molecular formula is C22H19ClF4N2O3. The third-order valence-electron chi connectivity index (χ3n) is 6.07. The Morgan fingerprint density at radius 2 is 2.00 bits per heavy atom. The summed E-state index contributed by atoms with van der Waals surface area (Å²) >= 11 is 5.86. The first-order valence-electron chi connectivity index (χ1n) is 9.86. The molecule has 3 aromatic rings. The first kappa shape index (κ1) is 22.4. The molecule has 0 aliphatic heterocycles. The zero-order valence-corrected chi connectivity index (χ0v) is 17.5. The molecule has 32 heavy (non-hydrogen) atoms. The Morgan fingerprint density at radius 1 is 1.28 bits per heavy atom. The average Bonchev–Trinajstić information content (AvgIpc) is 2.72. The van der Waals surface area contributed by atoms with Gasteiger partial charge in [-0.25, -0.2) is 4.39 Å². The van der Waals surface area contributed by atoms with E-state index in [9.17, 15) is 32.6 Å². The second-order valence-corrected chi connectivity index (χ2v) is 8.33. The summed E-state index contributed by atoms with van der Waals surface area (Å²) in [6, 6.07) is 6.48. The van der Waals surface area contributed by atoms with Crippen LogP contribution in [0.4, 0.5) is 23.2 Å². The monoisotopic (exact) mass is 470 g/mol. The Labute approximate surface area is 184 Å². The van der Waals surface area contributed by atoms with Gasteiger partial charge in [0.1, 0.15) is 0 Å². The molecule has 0 bridgehead atoms. The van der Waals surface area contributed by atoms with Crippen LogP contribution in [0.5, 0.6) is 5.75 Å². The number of hydrogen-bond acceptors (Lipinski definition) is 4. The van der Waals surface area contributed by atoms with Crippen molar-refractivity contribution in [2.45, 2.75) is 43.5 Å². The smallest absolute Gasteiger partial charge is 0.419 e. The number of aromatic nitrogens is 1. The molecule has 4 N–H and O–H groups in total. The van der Waals surface area contributed by atoms with Gasteiger partial charge in [0, 0.05) is 22.7 Å². The zero-order valence-electron chi connectivity index (χ0n) is 16.7. The Kier molecular flexibility index (Phi) is 5.37. The van der Waals surface area contributed by atoms with Crippen molar-refractivity contribution in [3.8, 4) is 5.75 Å². The summed E-state index contributed by atoms with van der Waals surface area (Å²) in [7, 11) is 0. The topological polar surface area (TPSA) is 85.4 Å². The molecule has 0 saturated heterocycles. The molecule has 10 heteroatoms. The number of anilines is 1. The minimum Gasteiger partial charge on any atom is -0.505 e. The summed E-state index contributed by atoms with van der Waals surface area (Å²) in [6.07, 6.45) is -5.71. The van der Waals surface area contributed by atoms with E-state index in [-0.39, 0.29) is 28.8 Å². The first-order valence-corrected chi connectivity index (χ1v) is 10.2. The molecule has 0 radical (unpaired) electrons. The van der Waals surface area contributed by atoms with Gasteiger partial charge in [-0.3, -0.25) is 4.79 Å². The first-order chi connectivity index (χ1) is 15.0. The highest BCUT2D eigenvalue weighted by Gasteiger charge is 2.62. The average molecular weight is 471 g/mol. The molecule has 3 atom stereocenters. The van der Waals surface area contributed by atoms with E-state index in [0.717, 1.165) is 6.07 Å². The predicted molar refractivity (Wildman–Crippen MR) is 113 cm³/mol. The van der Waals surface area contributed by atoms with Crippen molar-refractivity contribution in [1.29, 1.82) is 0 Å². The molecule has 0 fully saturated rings. The van der Waals surface area contributed by atoms with E-state index >= 15 is 0 Å². The lowest BCUT2D eigenvalue weighted by atomic mass is 9.69. The van der Waals surface area contributed by atoms with Gasteiger partial charge in [0.15, 0.2) is 17.2 Å². The van der Waals surface area contributed by atoms with Gasteiger partial charge in [-0.15, -0.1) is 0 Å². The molecule has 170 valence electrons. The molecule has 1 heterocycles. The maximum absolute atomic E-state index is 14.3. The third kappa shape index (κ3) is 3.40. The molecule has 5 nitrogen and oxygen atoms in total. The van der Waals surface area contributed by atoms with Crippen LogP contribution in [-0.2, 0) is 0 Å². The third-order valence-corrected chi connectivity index (χ3v) is 6.34. The van der Waals surface area contributed by atoms with Gasteiger partial charge in [0.25, 0.3) is 0 Å². The van der Waals surface area contributed by atoms with E-state index in [1.807, 2.05) is 0 Å². The maximum atomic E-state index is 14.3. The minimum absolute atomic E-state index is 0.0190. The molecule has 0 spiro atoms. The van der Waals surface area contributed by atoms with Crippen LogP contribution >= 0.6 is 11.6 Å². The number of aromatic amines is 1. The van der Waals surface area contributed by atoms with Gasteiger partial charge in [-0.05, 0) is 48.6 Å². The number of benzene rings is 2. The fraction of sp³-hybridized carbons (Fsp3) is 0.318. The molecule has 4 rings (SSSR count). The Bertz CT molecular complexity index is 1260. The number of alkyl halides is 3. The number of phenols is 1. The fourth-order valence-corrected chi connectivity index (χ4v) is 4.67. The van der Waals surface area contributed by atoms with Crippen LogP contribution in [0.25, 0.3) is 10.9 Å². The van der Waals surface area contributed by atoms with Crippen LogP contribution in [-0.4, -0.2) is 27.0 Å². The Morgan fingerprint density at radius 3 is 2.66 bits per heavy atom. The van der Waals surface area contributed by atoms with Gasteiger partial charge in [0.2, 0.25) is 5.56 Å². The number of hydrogen-bond donors (Lipinski definition) is 4. The van der Waals surface area contributed by atoms with E-state index < -0.39 is 46.7 Å².